The molecule has 4 nitrogen and oxygen atoms in total. The van der Waals surface area contributed by atoms with Gasteiger partial charge in [-0.3, -0.25) is 0 Å². The van der Waals surface area contributed by atoms with Crippen LogP contribution in [-0.4, -0.2) is 10.1 Å². The Kier molecular flexibility index (Phi) is 2.00. The average molecular weight is 278 g/mol. The van der Waals surface area contributed by atoms with Gasteiger partial charge in [0.1, 0.15) is 5.69 Å². The zero-order chi connectivity index (χ0) is 11.1. The summed E-state index contributed by atoms with van der Waals surface area (Å²) < 4.78 is 5.89. The molecule has 80 valence electrons. The first kappa shape index (κ1) is 9.47. The van der Waals surface area contributed by atoms with Crippen LogP contribution in [0.3, 0.4) is 0 Å². The third kappa shape index (κ3) is 1.32. The molecule has 1 aromatic carbocycles. The van der Waals surface area contributed by atoms with Crippen LogP contribution in [0.15, 0.2) is 39.5 Å². The fourth-order valence-electron chi connectivity index (χ4n) is 1.77. The van der Waals surface area contributed by atoms with Gasteiger partial charge in [0.05, 0.1) is 0 Å². The van der Waals surface area contributed by atoms with Gasteiger partial charge in [-0.2, -0.15) is 0 Å². The molecule has 16 heavy (non-hydrogen) atoms. The van der Waals surface area contributed by atoms with Crippen LogP contribution in [0, 0.1) is 0 Å². The van der Waals surface area contributed by atoms with E-state index in [-0.39, 0.29) is 0 Å². The molecule has 2 heterocycles. The van der Waals surface area contributed by atoms with Crippen LogP contribution in [0.4, 0.5) is 5.88 Å². The Balaban J connectivity index is 2.34. The molecule has 0 unspecified atom stereocenters. The number of nitrogens with one attached hydrogen (secondary N) is 1. The van der Waals surface area contributed by atoms with Crippen molar-refractivity contribution in [2.24, 2.45) is 0 Å². The first-order valence-electron chi connectivity index (χ1n) is 4.74. The number of nitrogen functional groups attached to an aromatic ring is 1. The number of hydrogen-bond donors (Lipinski definition) is 2. The summed E-state index contributed by atoms with van der Waals surface area (Å²) in [4.78, 5) is 3.17. The van der Waals surface area contributed by atoms with Gasteiger partial charge in [0, 0.05) is 33.2 Å². The lowest BCUT2D eigenvalue weighted by Gasteiger charge is -1.98. The summed E-state index contributed by atoms with van der Waals surface area (Å²) in [5.41, 5.74) is 8.30. The maximum absolute atomic E-state index is 5.52. The molecule has 0 spiro atoms. The highest BCUT2D eigenvalue weighted by Gasteiger charge is 2.11. The van der Waals surface area contributed by atoms with E-state index in [1.54, 1.807) is 6.07 Å². The Morgan fingerprint density at radius 3 is 3.00 bits per heavy atom. The first-order chi connectivity index (χ1) is 7.75. The SMILES string of the molecule is Nc1cc(-c2cccc3[nH]cc(Br)c23)no1. The van der Waals surface area contributed by atoms with E-state index in [0.29, 0.717) is 5.88 Å². The lowest BCUT2D eigenvalue weighted by molar-refractivity contribution is 0.439. The van der Waals surface area contributed by atoms with Crippen molar-refractivity contribution in [3.05, 3.63) is 34.9 Å². The van der Waals surface area contributed by atoms with Gasteiger partial charge >= 0.3 is 0 Å². The largest absolute Gasteiger partial charge is 0.368 e. The summed E-state index contributed by atoms with van der Waals surface area (Å²) in [6.07, 6.45) is 1.90. The molecule has 0 aliphatic carbocycles. The minimum Gasteiger partial charge on any atom is -0.368 e. The number of nitrogens with zero attached hydrogens (tertiary/aromatic N) is 1. The zero-order valence-electron chi connectivity index (χ0n) is 8.20. The van der Waals surface area contributed by atoms with Crippen molar-refractivity contribution in [3.63, 3.8) is 0 Å². The summed E-state index contributed by atoms with van der Waals surface area (Å²) >= 11 is 3.50. The molecule has 0 radical (unpaired) electrons. The van der Waals surface area contributed by atoms with Gasteiger partial charge in [0.15, 0.2) is 0 Å². The van der Waals surface area contributed by atoms with E-state index in [9.17, 15) is 0 Å². The molecule has 0 aliphatic heterocycles. The highest BCUT2D eigenvalue weighted by atomic mass is 79.9. The minimum atomic E-state index is 0.318. The summed E-state index contributed by atoms with van der Waals surface area (Å²) in [5.74, 6) is 0.318. The first-order valence-corrected chi connectivity index (χ1v) is 5.53. The summed E-state index contributed by atoms with van der Waals surface area (Å²) in [5, 5.41) is 5.00. The second-order valence-corrected chi connectivity index (χ2v) is 4.33. The maximum atomic E-state index is 5.52. The van der Waals surface area contributed by atoms with Crippen molar-refractivity contribution < 1.29 is 4.52 Å². The average Bonchev–Trinajstić information content (AvgIpc) is 2.86. The van der Waals surface area contributed by atoms with E-state index in [2.05, 4.69) is 26.1 Å². The predicted octanol–water partition coefficient (Wildman–Crippen LogP) is 3.17. The second-order valence-electron chi connectivity index (χ2n) is 3.48. The van der Waals surface area contributed by atoms with Gasteiger partial charge in [-0.25, -0.2) is 0 Å². The Labute approximate surface area is 99.6 Å². The normalized spacial score (nSPS) is 11.1. The van der Waals surface area contributed by atoms with Crippen LogP contribution >= 0.6 is 15.9 Å². The lowest BCUT2D eigenvalue weighted by atomic mass is 10.1. The molecule has 5 heteroatoms. The van der Waals surface area contributed by atoms with Crippen LogP contribution in [0.2, 0.25) is 0 Å². The van der Waals surface area contributed by atoms with E-state index in [0.717, 1.165) is 26.6 Å². The number of fused-ring (bicyclic) bond motifs is 1. The molecule has 0 saturated carbocycles. The zero-order valence-corrected chi connectivity index (χ0v) is 9.78. The minimum absolute atomic E-state index is 0.318. The topological polar surface area (TPSA) is 67.8 Å². The number of rotatable bonds is 1. The number of nitrogens with two attached hydrogens (primary N) is 1. The molecule has 0 saturated heterocycles. The highest BCUT2D eigenvalue weighted by Crippen LogP contribution is 2.33. The van der Waals surface area contributed by atoms with E-state index < -0.39 is 0 Å². The fraction of sp³-hybridized carbons (Fsp3) is 0. The molecule has 2 aromatic heterocycles. The molecule has 0 aliphatic rings. The van der Waals surface area contributed by atoms with Gasteiger partial charge in [0.25, 0.3) is 0 Å². The van der Waals surface area contributed by atoms with Gasteiger partial charge in [-0.05, 0) is 22.0 Å². The molecule has 0 amide bonds. The molecular weight excluding hydrogens is 270 g/mol. The Morgan fingerprint density at radius 1 is 1.38 bits per heavy atom. The van der Waals surface area contributed by atoms with Crippen LogP contribution in [-0.2, 0) is 0 Å². The number of aromatic nitrogens is 2. The number of anilines is 1. The molecule has 3 N–H and O–H groups in total. The van der Waals surface area contributed by atoms with Crippen molar-refractivity contribution in [3.8, 4) is 11.3 Å². The van der Waals surface area contributed by atoms with Crippen molar-refractivity contribution in [2.75, 3.05) is 5.73 Å². The Hall–Kier alpha value is -1.75. The number of halogens is 1. The maximum Gasteiger partial charge on any atom is 0.222 e. The second kappa shape index (κ2) is 3.38. The van der Waals surface area contributed by atoms with Crippen molar-refractivity contribution in [1.82, 2.24) is 10.1 Å². The number of hydrogen-bond acceptors (Lipinski definition) is 3. The summed E-state index contributed by atoms with van der Waals surface area (Å²) in [7, 11) is 0. The van der Waals surface area contributed by atoms with E-state index in [1.165, 1.54) is 0 Å². The smallest absolute Gasteiger partial charge is 0.222 e. The molecule has 0 fully saturated rings. The number of H-pyrrole nitrogens is 1. The molecule has 3 aromatic rings. The Bertz CT molecular complexity index is 656. The van der Waals surface area contributed by atoms with Crippen LogP contribution in [0.5, 0.6) is 0 Å². The number of benzene rings is 1. The van der Waals surface area contributed by atoms with Gasteiger partial charge in [0.2, 0.25) is 5.88 Å². The van der Waals surface area contributed by atoms with E-state index >= 15 is 0 Å². The van der Waals surface area contributed by atoms with Crippen molar-refractivity contribution in [2.45, 2.75) is 0 Å². The third-order valence-electron chi connectivity index (χ3n) is 2.46. The van der Waals surface area contributed by atoms with Gasteiger partial charge in [-0.1, -0.05) is 17.3 Å². The summed E-state index contributed by atoms with van der Waals surface area (Å²) in [6, 6.07) is 7.67. The van der Waals surface area contributed by atoms with Crippen LogP contribution in [0.1, 0.15) is 0 Å². The Morgan fingerprint density at radius 2 is 2.25 bits per heavy atom. The molecule has 3 rings (SSSR count). The van der Waals surface area contributed by atoms with Crippen LogP contribution < -0.4 is 5.73 Å². The fourth-order valence-corrected chi connectivity index (χ4v) is 2.31. The quantitative estimate of drug-likeness (QED) is 0.718. The number of aromatic amines is 1. The molecule has 0 atom stereocenters. The predicted molar refractivity (Wildman–Crippen MR) is 65.9 cm³/mol. The lowest BCUT2D eigenvalue weighted by Crippen LogP contribution is -1.79. The standard InChI is InChI=1S/C11H8BrN3O/c12-7-5-14-8-3-1-2-6(11(7)8)9-4-10(13)16-15-9/h1-5,14H,13H2. The van der Waals surface area contributed by atoms with Crippen molar-refractivity contribution in [1.29, 1.82) is 0 Å². The van der Waals surface area contributed by atoms with Crippen LogP contribution in [0.25, 0.3) is 22.2 Å². The molecule has 0 bridgehead atoms. The highest BCUT2D eigenvalue weighted by molar-refractivity contribution is 9.10. The van der Waals surface area contributed by atoms with Gasteiger partial charge < -0.3 is 15.2 Å². The van der Waals surface area contributed by atoms with Crippen molar-refractivity contribution >= 4 is 32.7 Å². The summed E-state index contributed by atoms with van der Waals surface area (Å²) in [6.45, 7) is 0. The van der Waals surface area contributed by atoms with E-state index in [4.69, 9.17) is 10.3 Å². The molecular formula is C11H8BrN3O. The monoisotopic (exact) mass is 277 g/mol. The van der Waals surface area contributed by atoms with Gasteiger partial charge in [-0.15, -0.1) is 0 Å². The van der Waals surface area contributed by atoms with E-state index in [1.807, 2.05) is 24.4 Å². The third-order valence-corrected chi connectivity index (χ3v) is 3.09.